The van der Waals surface area contributed by atoms with Crippen LogP contribution in [0.15, 0.2) is 4.99 Å². The second kappa shape index (κ2) is 8.12. The molecule has 0 aromatic heterocycles. The van der Waals surface area contributed by atoms with E-state index in [0.717, 1.165) is 32.3 Å². The Morgan fingerprint density at radius 3 is 2.73 bits per heavy atom. The van der Waals surface area contributed by atoms with Gasteiger partial charge in [0, 0.05) is 32.8 Å². The maximum atomic E-state index is 12.0. The lowest BCUT2D eigenvalue weighted by Crippen LogP contribution is -2.43. The molecule has 7 nitrogen and oxygen atoms in total. The third-order valence-electron chi connectivity index (χ3n) is 4.12. The zero-order chi connectivity index (χ0) is 16.0. The summed E-state index contributed by atoms with van der Waals surface area (Å²) in [6.07, 6.45) is 4.26. The number of rotatable bonds is 7. The van der Waals surface area contributed by atoms with E-state index in [4.69, 9.17) is 4.74 Å². The van der Waals surface area contributed by atoms with E-state index in [0.29, 0.717) is 31.0 Å². The van der Waals surface area contributed by atoms with Crippen LogP contribution >= 0.6 is 0 Å². The van der Waals surface area contributed by atoms with Crippen molar-refractivity contribution in [1.29, 1.82) is 0 Å². The number of sulfonamides is 1. The highest BCUT2D eigenvalue weighted by molar-refractivity contribution is 7.89. The van der Waals surface area contributed by atoms with Crippen LogP contribution in [0.25, 0.3) is 0 Å². The smallest absolute Gasteiger partial charge is 0.213 e. The summed E-state index contributed by atoms with van der Waals surface area (Å²) >= 11 is 0. The molecule has 1 aliphatic heterocycles. The van der Waals surface area contributed by atoms with E-state index in [2.05, 4.69) is 27.3 Å². The first-order valence-electron chi connectivity index (χ1n) is 8.06. The zero-order valence-electron chi connectivity index (χ0n) is 13.5. The standard InChI is InChI=1S/C14H28N4O3S/c1-11-9-13(11)18-14(15-2)16-6-8-22(19,20)17-10-12-5-3-4-7-21-12/h11-13,17H,3-10H2,1-2H3,(H2,15,16,18). The first kappa shape index (κ1) is 17.5. The molecule has 0 bridgehead atoms. The molecule has 3 unspecified atom stereocenters. The quantitative estimate of drug-likeness (QED) is 0.452. The van der Waals surface area contributed by atoms with Crippen molar-refractivity contribution in [3.05, 3.63) is 0 Å². The average Bonchev–Trinajstić information content (AvgIpc) is 3.20. The molecule has 8 heteroatoms. The number of nitrogens with one attached hydrogen (secondary N) is 3. The van der Waals surface area contributed by atoms with Crippen molar-refractivity contribution in [3.8, 4) is 0 Å². The highest BCUT2D eigenvalue weighted by Gasteiger charge is 2.33. The summed E-state index contributed by atoms with van der Waals surface area (Å²) in [7, 11) is -1.59. The minimum Gasteiger partial charge on any atom is -0.377 e. The molecule has 0 aromatic rings. The summed E-state index contributed by atoms with van der Waals surface area (Å²) in [6, 6.07) is 0.462. The number of nitrogens with zero attached hydrogens (tertiary/aromatic N) is 1. The van der Waals surface area contributed by atoms with Crippen molar-refractivity contribution in [2.45, 2.75) is 44.8 Å². The Labute approximate surface area is 133 Å². The summed E-state index contributed by atoms with van der Waals surface area (Å²) in [5, 5.41) is 6.31. The third-order valence-corrected chi connectivity index (χ3v) is 5.47. The Morgan fingerprint density at radius 2 is 2.14 bits per heavy atom. The van der Waals surface area contributed by atoms with Crippen molar-refractivity contribution in [2.24, 2.45) is 10.9 Å². The van der Waals surface area contributed by atoms with E-state index in [1.165, 1.54) is 0 Å². The Bertz CT molecular complexity index is 474. The van der Waals surface area contributed by atoms with Crippen LogP contribution in [0.3, 0.4) is 0 Å². The van der Waals surface area contributed by atoms with Crippen molar-refractivity contribution < 1.29 is 13.2 Å². The normalized spacial score (nSPS) is 29.2. The van der Waals surface area contributed by atoms with Gasteiger partial charge < -0.3 is 15.4 Å². The van der Waals surface area contributed by atoms with Crippen molar-refractivity contribution in [2.75, 3.05) is 32.5 Å². The maximum absolute atomic E-state index is 12.0. The molecule has 0 radical (unpaired) electrons. The number of guanidine groups is 1. The molecule has 128 valence electrons. The first-order chi connectivity index (χ1) is 10.5. The zero-order valence-corrected chi connectivity index (χ0v) is 14.3. The molecule has 2 rings (SSSR count). The summed E-state index contributed by atoms with van der Waals surface area (Å²) in [5.41, 5.74) is 0. The topological polar surface area (TPSA) is 91.8 Å². The van der Waals surface area contributed by atoms with Gasteiger partial charge in [0.05, 0.1) is 11.9 Å². The van der Waals surface area contributed by atoms with Gasteiger partial charge in [0.25, 0.3) is 0 Å². The average molecular weight is 332 g/mol. The van der Waals surface area contributed by atoms with Gasteiger partial charge in [-0.2, -0.15) is 0 Å². The molecule has 0 spiro atoms. The van der Waals surface area contributed by atoms with E-state index in [9.17, 15) is 8.42 Å². The number of aliphatic imine (C=N–C) groups is 1. The predicted octanol–water partition coefficient (Wildman–Crippen LogP) is 0.0483. The molecule has 22 heavy (non-hydrogen) atoms. The Balaban J connectivity index is 1.63. The summed E-state index contributed by atoms with van der Waals surface area (Å²) in [5.74, 6) is 1.36. The second-order valence-corrected chi connectivity index (χ2v) is 8.05. The van der Waals surface area contributed by atoms with Gasteiger partial charge in [-0.25, -0.2) is 13.1 Å². The first-order valence-corrected chi connectivity index (χ1v) is 9.71. The highest BCUT2D eigenvalue weighted by Crippen LogP contribution is 2.28. The van der Waals surface area contributed by atoms with E-state index in [1.54, 1.807) is 7.05 Å². The minimum atomic E-state index is -3.28. The van der Waals surface area contributed by atoms with Crippen LogP contribution in [-0.2, 0) is 14.8 Å². The van der Waals surface area contributed by atoms with E-state index >= 15 is 0 Å². The van der Waals surface area contributed by atoms with Crippen LogP contribution in [-0.4, -0.2) is 59.0 Å². The fourth-order valence-corrected chi connectivity index (χ4v) is 3.41. The summed E-state index contributed by atoms with van der Waals surface area (Å²) in [6.45, 7) is 3.61. The molecular formula is C14H28N4O3S. The van der Waals surface area contributed by atoms with Gasteiger partial charge in [0.1, 0.15) is 0 Å². The Hall–Kier alpha value is -0.860. The molecule has 1 heterocycles. The van der Waals surface area contributed by atoms with Crippen LogP contribution in [0.2, 0.25) is 0 Å². The monoisotopic (exact) mass is 332 g/mol. The lowest BCUT2D eigenvalue weighted by Gasteiger charge is -2.22. The number of hydrogen-bond acceptors (Lipinski definition) is 4. The number of ether oxygens (including phenoxy) is 1. The van der Waals surface area contributed by atoms with E-state index in [1.807, 2.05) is 0 Å². The second-order valence-electron chi connectivity index (χ2n) is 6.12. The Kier molecular flexibility index (Phi) is 6.46. The van der Waals surface area contributed by atoms with Gasteiger partial charge in [-0.3, -0.25) is 4.99 Å². The Morgan fingerprint density at radius 1 is 1.36 bits per heavy atom. The largest absolute Gasteiger partial charge is 0.377 e. The highest BCUT2D eigenvalue weighted by atomic mass is 32.2. The molecule has 2 fully saturated rings. The predicted molar refractivity (Wildman–Crippen MR) is 87.4 cm³/mol. The van der Waals surface area contributed by atoms with Crippen molar-refractivity contribution in [1.82, 2.24) is 15.4 Å². The van der Waals surface area contributed by atoms with Gasteiger partial charge in [-0.15, -0.1) is 0 Å². The van der Waals surface area contributed by atoms with Gasteiger partial charge >= 0.3 is 0 Å². The fourth-order valence-electron chi connectivity index (χ4n) is 2.46. The van der Waals surface area contributed by atoms with E-state index < -0.39 is 10.0 Å². The number of hydrogen-bond donors (Lipinski definition) is 3. The summed E-state index contributed by atoms with van der Waals surface area (Å²) < 4.78 is 32.1. The van der Waals surface area contributed by atoms with Gasteiger partial charge in [-0.1, -0.05) is 6.92 Å². The lowest BCUT2D eigenvalue weighted by atomic mass is 10.1. The molecule has 2 aliphatic rings. The van der Waals surface area contributed by atoms with Gasteiger partial charge in [-0.05, 0) is 31.6 Å². The molecule has 1 saturated heterocycles. The van der Waals surface area contributed by atoms with Crippen LogP contribution < -0.4 is 15.4 Å². The van der Waals surface area contributed by atoms with Gasteiger partial charge in [0.15, 0.2) is 5.96 Å². The molecule has 1 aliphatic carbocycles. The van der Waals surface area contributed by atoms with Crippen LogP contribution in [0.4, 0.5) is 0 Å². The fraction of sp³-hybridized carbons (Fsp3) is 0.929. The van der Waals surface area contributed by atoms with Gasteiger partial charge in [0.2, 0.25) is 10.0 Å². The molecule has 3 N–H and O–H groups in total. The molecule has 0 aromatic carbocycles. The SMILES string of the molecule is CN=C(NCCS(=O)(=O)NCC1CCCCO1)NC1CC1C. The molecule has 0 amide bonds. The van der Waals surface area contributed by atoms with Crippen LogP contribution in [0.1, 0.15) is 32.6 Å². The molecule has 3 atom stereocenters. The van der Waals surface area contributed by atoms with Crippen molar-refractivity contribution >= 4 is 16.0 Å². The molecule has 1 saturated carbocycles. The minimum absolute atomic E-state index is 0.0160. The lowest BCUT2D eigenvalue weighted by molar-refractivity contribution is 0.0200. The van der Waals surface area contributed by atoms with Crippen LogP contribution in [0.5, 0.6) is 0 Å². The summed E-state index contributed by atoms with van der Waals surface area (Å²) in [4.78, 5) is 4.10. The van der Waals surface area contributed by atoms with Crippen molar-refractivity contribution in [3.63, 3.8) is 0 Å². The molecular weight excluding hydrogens is 304 g/mol. The maximum Gasteiger partial charge on any atom is 0.213 e. The third kappa shape index (κ3) is 6.10. The van der Waals surface area contributed by atoms with Crippen LogP contribution in [0, 0.1) is 5.92 Å². The van der Waals surface area contributed by atoms with E-state index in [-0.39, 0.29) is 11.9 Å².